The summed E-state index contributed by atoms with van der Waals surface area (Å²) < 4.78 is 21.2. The van der Waals surface area contributed by atoms with Gasteiger partial charge in [-0.3, -0.25) is 14.4 Å². The Morgan fingerprint density at radius 2 is 0.928 bits per heavy atom. The summed E-state index contributed by atoms with van der Waals surface area (Å²) in [5.41, 5.74) is 1.14. The number of hydrogen-bond donors (Lipinski definition) is 4. The molecule has 69 heavy (non-hydrogen) atoms. The van der Waals surface area contributed by atoms with E-state index >= 15 is 0 Å². The van der Waals surface area contributed by atoms with Crippen LogP contribution in [-0.4, -0.2) is 69.0 Å². The molecule has 4 saturated heterocycles. The van der Waals surface area contributed by atoms with Crippen LogP contribution in [0.15, 0.2) is 40.4 Å². The normalized spacial score (nSPS) is 43.1. The first kappa shape index (κ1) is 50.2. The molecular formula is C57H85ClN4O6S. The second-order valence-corrected chi connectivity index (χ2v) is 28.1. The standard InChI is InChI=1S/C10H15NO.C10H17N.C10H14O.C7H11NO.C7H13N.C7H10O.C6H5ClO2S/c12-11-10-8-2-6-1-7(4-8)5-9(10)3-6;1-7-2-9-3-8(1)5-10(4-7)11-6-9;11-10-8-2-6-1-7(4-8)5-9(10)3-6;9-7-6-2-1-5(3-6)4-8-7;1-2-7-3-6(1)4-8-5-7;8-7-4-5-1-2-6(7)3-5;7-10(8,9)6-4-2-1-3-5-6/h6-9,12H,1-5H2;7-11H,1-6H2;6-9H,1-5H2;5-6H,1-4H2,(H,8,9);6-8H,1-5H2;5-6H,1-4H2;1-5H. The number of fused-ring (bicyclic) bond motifs is 7. The molecule has 10 nitrogen and oxygen atoms in total. The highest BCUT2D eigenvalue weighted by Gasteiger charge is 2.48. The lowest BCUT2D eigenvalue weighted by Crippen LogP contribution is -2.45. The first-order chi connectivity index (χ1) is 33.4. The predicted molar refractivity (Wildman–Crippen MR) is 271 cm³/mol. The Hall–Kier alpha value is -2.34. The zero-order valence-corrected chi connectivity index (χ0v) is 43.1. The molecule has 8 atom stereocenters. The van der Waals surface area contributed by atoms with Crippen LogP contribution in [0.3, 0.4) is 0 Å². The van der Waals surface area contributed by atoms with E-state index in [0.29, 0.717) is 53.0 Å². The number of rotatable bonds is 1. The summed E-state index contributed by atoms with van der Waals surface area (Å²) in [5.74, 6) is 15.5. The van der Waals surface area contributed by atoms with Gasteiger partial charge in [0, 0.05) is 65.2 Å². The van der Waals surface area contributed by atoms with E-state index < -0.39 is 9.05 Å². The molecule has 0 spiro atoms. The number of amides is 1. The summed E-state index contributed by atoms with van der Waals surface area (Å²) in [5, 5.41) is 22.4. The van der Waals surface area contributed by atoms with Gasteiger partial charge >= 0.3 is 0 Å². The van der Waals surface area contributed by atoms with Crippen molar-refractivity contribution >= 4 is 42.9 Å². The smallest absolute Gasteiger partial charge is 0.261 e. The lowest BCUT2D eigenvalue weighted by Gasteiger charge is -2.49. The fourth-order valence-electron chi connectivity index (χ4n) is 17.6. The maximum Gasteiger partial charge on any atom is 0.261 e. The van der Waals surface area contributed by atoms with Crippen LogP contribution < -0.4 is 16.0 Å². The molecule has 382 valence electrons. The third-order valence-corrected chi connectivity index (χ3v) is 21.8. The maximum atomic E-state index is 11.6. The molecular weight excluding hydrogens is 904 g/mol. The first-order valence-corrected chi connectivity index (χ1v) is 30.7. The molecule has 18 bridgehead atoms. The van der Waals surface area contributed by atoms with Gasteiger partial charge in [-0.2, -0.15) is 0 Å². The van der Waals surface area contributed by atoms with Crippen molar-refractivity contribution in [3.8, 4) is 0 Å². The van der Waals surface area contributed by atoms with Crippen LogP contribution in [0.4, 0.5) is 0 Å². The van der Waals surface area contributed by atoms with Crippen molar-refractivity contribution in [2.45, 2.75) is 171 Å². The Labute approximate surface area is 418 Å². The molecule has 4 N–H and O–H groups in total. The Bertz CT molecular complexity index is 1980. The number of halogens is 1. The Morgan fingerprint density at radius 1 is 0.478 bits per heavy atom. The van der Waals surface area contributed by atoms with Gasteiger partial charge in [-0.15, -0.1) is 0 Å². The Kier molecular flexibility index (Phi) is 16.3. The van der Waals surface area contributed by atoms with Crippen LogP contribution in [0, 0.1) is 101 Å². The van der Waals surface area contributed by atoms with Gasteiger partial charge in [-0.1, -0.05) is 23.4 Å². The topological polar surface area (TPSA) is 154 Å². The highest BCUT2D eigenvalue weighted by atomic mass is 35.7. The molecule has 1 aromatic rings. The lowest BCUT2D eigenvalue weighted by molar-refractivity contribution is -0.140. The number of ketones is 2. The molecule has 14 aliphatic carbocycles. The van der Waals surface area contributed by atoms with Crippen LogP contribution in [0.2, 0.25) is 0 Å². The zero-order chi connectivity index (χ0) is 47.6. The summed E-state index contributed by atoms with van der Waals surface area (Å²) in [6, 6.07) is 8.77. The number of piperidine rings is 2. The van der Waals surface area contributed by atoms with Crippen LogP contribution in [0.25, 0.3) is 0 Å². The molecule has 4 heterocycles. The van der Waals surface area contributed by atoms with Gasteiger partial charge in [-0.05, 0) is 251 Å². The van der Waals surface area contributed by atoms with Crippen molar-refractivity contribution in [3.63, 3.8) is 0 Å². The van der Waals surface area contributed by atoms with E-state index in [4.69, 9.17) is 15.9 Å². The van der Waals surface area contributed by atoms with Crippen molar-refractivity contribution in [1.29, 1.82) is 0 Å². The van der Waals surface area contributed by atoms with Gasteiger partial charge in [0.05, 0.1) is 10.6 Å². The Balaban J connectivity index is 0.0000000940. The molecule has 18 fully saturated rings. The van der Waals surface area contributed by atoms with E-state index in [2.05, 4.69) is 21.1 Å². The number of Topliss-reactive ketones (excluding diaryl/α,β-unsaturated/α-hetero) is 2. The summed E-state index contributed by atoms with van der Waals surface area (Å²) in [7, 11) is 1.50. The van der Waals surface area contributed by atoms with Gasteiger partial charge in [0.1, 0.15) is 11.6 Å². The fraction of sp³-hybridized carbons (Fsp3) is 0.825. The van der Waals surface area contributed by atoms with E-state index in [1.54, 1.807) is 37.5 Å². The van der Waals surface area contributed by atoms with Crippen molar-refractivity contribution in [2.75, 3.05) is 26.2 Å². The molecule has 1 aromatic carbocycles. The van der Waals surface area contributed by atoms with Crippen LogP contribution in [0.5, 0.6) is 0 Å². The summed E-state index contributed by atoms with van der Waals surface area (Å²) in [6.07, 6.45) is 33.5. The first-order valence-electron chi connectivity index (χ1n) is 28.4. The van der Waals surface area contributed by atoms with Gasteiger partial charge in [-0.25, -0.2) is 8.42 Å². The van der Waals surface area contributed by atoms with Crippen LogP contribution in [0.1, 0.15) is 161 Å². The molecule has 4 aliphatic heterocycles. The third kappa shape index (κ3) is 12.7. The lowest BCUT2D eigenvalue weighted by atomic mass is 9.55. The minimum atomic E-state index is -3.53. The Morgan fingerprint density at radius 3 is 1.38 bits per heavy atom. The van der Waals surface area contributed by atoms with Gasteiger partial charge in [0.15, 0.2) is 0 Å². The van der Waals surface area contributed by atoms with E-state index in [1.165, 1.54) is 154 Å². The number of nitrogens with zero attached hydrogens (tertiary/aromatic N) is 1. The van der Waals surface area contributed by atoms with Crippen molar-refractivity contribution in [1.82, 2.24) is 16.0 Å². The zero-order valence-electron chi connectivity index (χ0n) is 41.5. The van der Waals surface area contributed by atoms with Crippen LogP contribution in [-0.2, 0) is 23.4 Å². The maximum absolute atomic E-state index is 11.6. The average molecular weight is 990 g/mol. The van der Waals surface area contributed by atoms with Crippen molar-refractivity contribution in [3.05, 3.63) is 30.3 Å². The number of carbonyl (C=O) groups excluding carboxylic acids is 3. The van der Waals surface area contributed by atoms with E-state index in [1.807, 2.05) is 0 Å². The largest absolute Gasteiger partial charge is 0.411 e. The van der Waals surface area contributed by atoms with Crippen LogP contribution >= 0.6 is 10.7 Å². The number of benzene rings is 1. The number of oxime groups is 1. The number of nitrogens with one attached hydrogen (secondary N) is 3. The number of hydrogen-bond acceptors (Lipinski definition) is 9. The van der Waals surface area contributed by atoms with E-state index in [9.17, 15) is 22.8 Å². The highest BCUT2D eigenvalue weighted by molar-refractivity contribution is 8.13. The minimum Gasteiger partial charge on any atom is -0.411 e. The van der Waals surface area contributed by atoms with E-state index in [0.717, 1.165) is 103 Å². The second kappa shape index (κ2) is 22.4. The average Bonchev–Trinajstić information content (AvgIpc) is 4.10. The van der Waals surface area contributed by atoms with Crippen molar-refractivity contribution in [2.24, 2.45) is 106 Å². The fourth-order valence-corrected chi connectivity index (χ4v) is 18.4. The van der Waals surface area contributed by atoms with Gasteiger partial charge in [0.2, 0.25) is 5.91 Å². The molecule has 12 heteroatoms. The minimum absolute atomic E-state index is 0.136. The highest BCUT2D eigenvalue weighted by Crippen LogP contribution is 2.53. The molecule has 1 amide bonds. The molecule has 8 unspecified atom stereocenters. The summed E-state index contributed by atoms with van der Waals surface area (Å²) in [4.78, 5) is 33.5. The summed E-state index contributed by atoms with van der Waals surface area (Å²) >= 11 is 0. The molecule has 14 saturated carbocycles. The van der Waals surface area contributed by atoms with Crippen molar-refractivity contribution < 1.29 is 28.0 Å². The molecule has 18 aliphatic rings. The molecule has 0 aromatic heterocycles. The van der Waals surface area contributed by atoms with Gasteiger partial charge < -0.3 is 21.2 Å². The predicted octanol–water partition coefficient (Wildman–Crippen LogP) is 10.6. The second-order valence-electron chi connectivity index (χ2n) is 25.5. The summed E-state index contributed by atoms with van der Waals surface area (Å²) in [6.45, 7) is 4.88. The molecule has 19 rings (SSSR count). The quantitative estimate of drug-likeness (QED) is 0.123. The van der Waals surface area contributed by atoms with E-state index in [-0.39, 0.29) is 4.90 Å². The molecule has 0 radical (unpaired) electrons. The third-order valence-electron chi connectivity index (χ3n) is 20.5. The SMILES string of the molecule is C1CC2CNCC1C2.C1NC2CC3CC1CC(C3)C2.O=C1C2CC3CC(C2)CC1C3.O=C1CC2CCC1C2.O=C1NCC2CCC1C2.O=S(=O)(Cl)c1ccccc1.ON=C1C2CC3CC(C2)CC1C3. The monoisotopic (exact) mass is 989 g/mol. The number of carbonyl (C=O) groups is 3. The van der Waals surface area contributed by atoms with Gasteiger partial charge in [0.25, 0.3) is 9.05 Å².